The zero-order valence-corrected chi connectivity index (χ0v) is 8.55. The van der Waals surface area contributed by atoms with Gasteiger partial charge >= 0.3 is 0 Å². The Bertz CT molecular complexity index is 415. The second-order valence-corrected chi connectivity index (χ2v) is 4.60. The summed E-state index contributed by atoms with van der Waals surface area (Å²) in [7, 11) is 0. The number of hydrogen-bond acceptors (Lipinski definition) is 1. The molecule has 0 saturated heterocycles. The van der Waals surface area contributed by atoms with Gasteiger partial charge in [0.2, 0.25) is 0 Å². The summed E-state index contributed by atoms with van der Waals surface area (Å²) in [6.07, 6.45) is 4.85. The van der Waals surface area contributed by atoms with E-state index in [1.165, 1.54) is 25.0 Å². The lowest BCUT2D eigenvalue weighted by Gasteiger charge is -2.13. The highest BCUT2D eigenvalue weighted by atomic mass is 16.1. The number of H-pyrrole nitrogens is 1. The number of aromatic amines is 1. The van der Waals surface area contributed by atoms with Crippen LogP contribution in [0, 0.1) is 0 Å². The summed E-state index contributed by atoms with van der Waals surface area (Å²) in [4.78, 5) is 11.7. The van der Waals surface area contributed by atoms with Gasteiger partial charge in [-0.2, -0.15) is 0 Å². The van der Waals surface area contributed by atoms with Gasteiger partial charge in [-0.3, -0.25) is 14.6 Å². The van der Waals surface area contributed by atoms with E-state index in [1.807, 2.05) is 0 Å². The van der Waals surface area contributed by atoms with Crippen LogP contribution in [-0.2, 0) is 6.54 Å². The molecule has 1 aromatic rings. The molecule has 2 bridgehead atoms. The van der Waals surface area contributed by atoms with Crippen molar-refractivity contribution in [2.75, 3.05) is 0 Å². The second-order valence-electron chi connectivity index (χ2n) is 4.60. The monoisotopic (exact) mass is 192 g/mol. The Morgan fingerprint density at radius 1 is 1.43 bits per heavy atom. The molecule has 0 amide bonds. The molecular formula is C11H16N2O. The average molecular weight is 192 g/mol. The fourth-order valence-corrected chi connectivity index (χ4v) is 3.23. The average Bonchev–Trinajstić information content (AvgIpc) is 2.80. The summed E-state index contributed by atoms with van der Waals surface area (Å²) in [5.74, 6) is 1.26. The highest BCUT2D eigenvalue weighted by molar-refractivity contribution is 5.35. The number of hydrogen-bond donors (Lipinski definition) is 1. The molecule has 1 heterocycles. The fraction of sp³-hybridized carbons (Fsp3) is 0.727. The van der Waals surface area contributed by atoms with Gasteiger partial charge in [0, 0.05) is 23.7 Å². The largest absolute Gasteiger partial charge is 0.289 e. The number of nitrogens with zero attached hydrogens (tertiary/aromatic N) is 1. The van der Waals surface area contributed by atoms with Crippen LogP contribution in [0.1, 0.15) is 55.7 Å². The topological polar surface area (TPSA) is 37.8 Å². The Balaban J connectivity index is 2.14. The second kappa shape index (κ2) is 2.75. The van der Waals surface area contributed by atoms with Crippen LogP contribution in [0.25, 0.3) is 0 Å². The normalized spacial score (nSPS) is 28.4. The van der Waals surface area contributed by atoms with Gasteiger partial charge in [0.1, 0.15) is 0 Å². The predicted molar refractivity (Wildman–Crippen MR) is 54.7 cm³/mol. The summed E-state index contributed by atoms with van der Waals surface area (Å²) in [5.41, 5.74) is 2.64. The van der Waals surface area contributed by atoms with Crippen molar-refractivity contribution in [3.05, 3.63) is 21.6 Å². The number of fused-ring (bicyclic) bond motifs is 5. The van der Waals surface area contributed by atoms with E-state index in [-0.39, 0.29) is 5.56 Å². The molecule has 14 heavy (non-hydrogen) atoms. The molecule has 0 aliphatic heterocycles. The van der Waals surface area contributed by atoms with Gasteiger partial charge in [-0.1, -0.05) is 6.92 Å². The Morgan fingerprint density at radius 2 is 2.21 bits per heavy atom. The van der Waals surface area contributed by atoms with Gasteiger partial charge < -0.3 is 0 Å². The summed E-state index contributed by atoms with van der Waals surface area (Å²) in [6, 6.07) is 0. The van der Waals surface area contributed by atoms with Crippen LogP contribution < -0.4 is 5.56 Å². The Morgan fingerprint density at radius 3 is 3.00 bits per heavy atom. The van der Waals surface area contributed by atoms with Crippen LogP contribution >= 0.6 is 0 Å². The van der Waals surface area contributed by atoms with Crippen molar-refractivity contribution >= 4 is 0 Å². The molecule has 2 aliphatic carbocycles. The Hall–Kier alpha value is -0.990. The van der Waals surface area contributed by atoms with E-state index in [0.29, 0.717) is 11.8 Å². The van der Waals surface area contributed by atoms with Gasteiger partial charge in [-0.05, 0) is 31.6 Å². The maximum Gasteiger partial charge on any atom is 0.267 e. The van der Waals surface area contributed by atoms with Gasteiger partial charge in [-0.25, -0.2) is 0 Å². The van der Waals surface area contributed by atoms with Crippen molar-refractivity contribution in [2.45, 2.75) is 51.0 Å². The van der Waals surface area contributed by atoms with Crippen molar-refractivity contribution in [1.29, 1.82) is 0 Å². The number of rotatable bonds is 2. The molecule has 2 aliphatic rings. The maximum atomic E-state index is 11.7. The minimum absolute atomic E-state index is 0.181. The third-order valence-electron chi connectivity index (χ3n) is 3.72. The van der Waals surface area contributed by atoms with Crippen molar-refractivity contribution in [2.24, 2.45) is 0 Å². The lowest BCUT2D eigenvalue weighted by molar-refractivity contribution is 0.539. The Labute approximate surface area is 83.1 Å². The number of aryl methyl sites for hydroxylation is 1. The summed E-state index contributed by atoms with van der Waals surface area (Å²) >= 11 is 0. The van der Waals surface area contributed by atoms with Gasteiger partial charge in [0.25, 0.3) is 5.56 Å². The molecule has 3 heteroatoms. The van der Waals surface area contributed by atoms with Gasteiger partial charge in [0.15, 0.2) is 0 Å². The third kappa shape index (κ3) is 0.900. The molecule has 3 nitrogen and oxygen atoms in total. The zero-order chi connectivity index (χ0) is 9.71. The van der Waals surface area contributed by atoms with Crippen LogP contribution in [0.5, 0.6) is 0 Å². The first-order valence-electron chi connectivity index (χ1n) is 5.64. The van der Waals surface area contributed by atoms with E-state index in [4.69, 9.17) is 0 Å². The highest BCUT2D eigenvalue weighted by Gasteiger charge is 2.41. The highest BCUT2D eigenvalue weighted by Crippen LogP contribution is 2.51. The molecule has 3 rings (SSSR count). The lowest BCUT2D eigenvalue weighted by Crippen LogP contribution is -2.10. The zero-order valence-electron chi connectivity index (χ0n) is 8.55. The molecule has 0 aromatic carbocycles. The minimum Gasteiger partial charge on any atom is -0.289 e. The maximum absolute atomic E-state index is 11.7. The fourth-order valence-electron chi connectivity index (χ4n) is 3.23. The summed E-state index contributed by atoms with van der Waals surface area (Å²) < 4.78 is 2.10. The first-order chi connectivity index (χ1) is 6.81. The molecule has 76 valence electrons. The number of aromatic nitrogens is 2. The standard InChI is InChI=1S/C11H16N2O/c1-2-5-13-10-8-4-3-7(6-8)9(10)11(14)12-13/h7-8H,2-6H2,1H3,(H,12,14). The molecule has 1 fully saturated rings. The first kappa shape index (κ1) is 8.33. The van der Waals surface area contributed by atoms with Crippen molar-refractivity contribution in [3.8, 4) is 0 Å². The van der Waals surface area contributed by atoms with Crippen molar-refractivity contribution < 1.29 is 0 Å². The molecule has 0 radical (unpaired) electrons. The summed E-state index contributed by atoms with van der Waals surface area (Å²) in [6.45, 7) is 3.12. The molecule has 1 N–H and O–H groups in total. The molecule has 1 saturated carbocycles. The third-order valence-corrected chi connectivity index (χ3v) is 3.72. The quantitative estimate of drug-likeness (QED) is 0.764. The summed E-state index contributed by atoms with van der Waals surface area (Å²) in [5, 5.41) is 2.98. The van der Waals surface area contributed by atoms with E-state index in [9.17, 15) is 4.79 Å². The van der Waals surface area contributed by atoms with Crippen molar-refractivity contribution in [1.82, 2.24) is 9.78 Å². The molecular weight excluding hydrogens is 176 g/mol. The molecule has 1 aromatic heterocycles. The van der Waals surface area contributed by atoms with Crippen LogP contribution in [-0.4, -0.2) is 9.78 Å². The van der Waals surface area contributed by atoms with Crippen LogP contribution in [0.15, 0.2) is 4.79 Å². The van der Waals surface area contributed by atoms with Gasteiger partial charge in [-0.15, -0.1) is 0 Å². The molecule has 0 spiro atoms. The Kier molecular flexibility index (Phi) is 1.64. The predicted octanol–water partition coefficient (Wildman–Crippen LogP) is 1.95. The van der Waals surface area contributed by atoms with Crippen LogP contribution in [0.3, 0.4) is 0 Å². The first-order valence-corrected chi connectivity index (χ1v) is 5.64. The molecule has 2 unspecified atom stereocenters. The SMILES string of the molecule is CCCn1[nH]c(=O)c2c1C1CCC2C1. The van der Waals surface area contributed by atoms with E-state index in [1.54, 1.807) is 0 Å². The lowest BCUT2D eigenvalue weighted by atomic mass is 9.98. The van der Waals surface area contributed by atoms with E-state index in [0.717, 1.165) is 18.5 Å². The van der Waals surface area contributed by atoms with E-state index < -0.39 is 0 Å². The smallest absolute Gasteiger partial charge is 0.267 e. The number of nitrogens with one attached hydrogen (secondary N) is 1. The van der Waals surface area contributed by atoms with Crippen molar-refractivity contribution in [3.63, 3.8) is 0 Å². The van der Waals surface area contributed by atoms with E-state index >= 15 is 0 Å². The van der Waals surface area contributed by atoms with E-state index in [2.05, 4.69) is 16.7 Å². The minimum atomic E-state index is 0.181. The van der Waals surface area contributed by atoms with Crippen LogP contribution in [0.4, 0.5) is 0 Å². The molecule has 2 atom stereocenters. The van der Waals surface area contributed by atoms with Crippen LogP contribution in [0.2, 0.25) is 0 Å². The van der Waals surface area contributed by atoms with Gasteiger partial charge in [0.05, 0.1) is 0 Å².